The summed E-state index contributed by atoms with van der Waals surface area (Å²) in [6.07, 6.45) is 0. The van der Waals surface area contributed by atoms with E-state index in [-0.39, 0.29) is 6.61 Å². The van der Waals surface area contributed by atoms with Gasteiger partial charge in [0.1, 0.15) is 0 Å². The van der Waals surface area contributed by atoms with Gasteiger partial charge in [0.25, 0.3) is 0 Å². The van der Waals surface area contributed by atoms with Gasteiger partial charge in [-0.1, -0.05) is 30.0 Å². The lowest BCUT2D eigenvalue weighted by atomic mass is 10.1. The molecular weight excluding hydrogens is 250 g/mol. The van der Waals surface area contributed by atoms with Crippen LogP contribution in [0, 0.1) is 11.8 Å². The van der Waals surface area contributed by atoms with Crippen LogP contribution in [-0.4, -0.2) is 60.8 Å². The molecule has 1 fully saturated rings. The number of rotatable bonds is 4. The van der Waals surface area contributed by atoms with Crippen LogP contribution in [0.15, 0.2) is 24.3 Å². The number of hydrogen-bond acceptors (Lipinski definition) is 4. The van der Waals surface area contributed by atoms with Gasteiger partial charge in [-0.05, 0) is 11.6 Å². The molecule has 1 saturated heterocycles. The number of piperazine rings is 1. The highest BCUT2D eigenvalue weighted by molar-refractivity contribution is 5.41. The molecular formula is C16H23N3O. The second-order valence-corrected chi connectivity index (χ2v) is 5.00. The lowest BCUT2D eigenvalue weighted by Gasteiger charge is -2.34. The molecule has 1 heterocycles. The molecule has 0 radical (unpaired) electrons. The van der Waals surface area contributed by atoms with Crippen LogP contribution in [0.5, 0.6) is 0 Å². The molecule has 1 aromatic carbocycles. The number of β-amino-alcohol motifs (C(OH)–C–C–N with tert-alkyl or cyclic N) is 1. The quantitative estimate of drug-likeness (QED) is 0.765. The zero-order valence-electron chi connectivity index (χ0n) is 11.9. The molecule has 0 aromatic heterocycles. The van der Waals surface area contributed by atoms with Crippen molar-refractivity contribution in [3.63, 3.8) is 0 Å². The van der Waals surface area contributed by atoms with Crippen LogP contribution in [0.4, 0.5) is 0 Å². The van der Waals surface area contributed by atoms with Crippen LogP contribution in [0.25, 0.3) is 0 Å². The Hall–Kier alpha value is -1.38. The molecule has 2 rings (SSSR count). The number of aliphatic hydroxyl groups excluding tert-OH is 1. The molecule has 0 amide bonds. The molecule has 1 aromatic rings. The van der Waals surface area contributed by atoms with Gasteiger partial charge >= 0.3 is 0 Å². The smallest absolute Gasteiger partial charge is 0.0558 e. The van der Waals surface area contributed by atoms with Crippen LogP contribution in [0.3, 0.4) is 0 Å². The molecule has 0 saturated carbocycles. The monoisotopic (exact) mass is 273 g/mol. The van der Waals surface area contributed by atoms with E-state index in [4.69, 9.17) is 10.8 Å². The van der Waals surface area contributed by atoms with Gasteiger partial charge < -0.3 is 10.8 Å². The molecule has 1 aliphatic heterocycles. The number of nitrogens with zero attached hydrogens (tertiary/aromatic N) is 2. The summed E-state index contributed by atoms with van der Waals surface area (Å²) in [6.45, 7) is 6.49. The van der Waals surface area contributed by atoms with Crippen molar-refractivity contribution in [2.24, 2.45) is 5.73 Å². The van der Waals surface area contributed by atoms with Crippen molar-refractivity contribution >= 4 is 0 Å². The maximum Gasteiger partial charge on any atom is 0.0558 e. The Morgan fingerprint density at radius 3 is 2.50 bits per heavy atom. The zero-order valence-corrected chi connectivity index (χ0v) is 11.9. The van der Waals surface area contributed by atoms with Crippen molar-refractivity contribution in [1.29, 1.82) is 0 Å². The standard InChI is InChI=1S/C16H23N3O/c17-7-3-6-15-4-1-2-5-16(15)14-19-10-8-18(9-11-19)12-13-20/h1-2,4-5,20H,7-14,17H2. The van der Waals surface area contributed by atoms with Gasteiger partial charge in [0.05, 0.1) is 13.2 Å². The maximum absolute atomic E-state index is 8.96. The van der Waals surface area contributed by atoms with E-state index >= 15 is 0 Å². The van der Waals surface area contributed by atoms with Crippen molar-refractivity contribution in [2.45, 2.75) is 6.54 Å². The van der Waals surface area contributed by atoms with Gasteiger partial charge in [-0.2, -0.15) is 0 Å². The van der Waals surface area contributed by atoms with E-state index in [1.807, 2.05) is 6.07 Å². The SMILES string of the molecule is NCC#Cc1ccccc1CN1CCN(CCO)CC1. The first kappa shape index (κ1) is 15.0. The van der Waals surface area contributed by atoms with Crippen LogP contribution in [0.2, 0.25) is 0 Å². The van der Waals surface area contributed by atoms with Crippen molar-refractivity contribution in [3.8, 4) is 11.8 Å². The normalized spacial score (nSPS) is 16.7. The molecule has 20 heavy (non-hydrogen) atoms. The molecule has 4 heteroatoms. The maximum atomic E-state index is 8.96. The van der Waals surface area contributed by atoms with E-state index in [1.165, 1.54) is 5.56 Å². The molecule has 4 nitrogen and oxygen atoms in total. The largest absolute Gasteiger partial charge is 0.395 e. The fraction of sp³-hybridized carbons (Fsp3) is 0.500. The third-order valence-electron chi connectivity index (χ3n) is 3.62. The third kappa shape index (κ3) is 4.32. The highest BCUT2D eigenvalue weighted by atomic mass is 16.3. The summed E-state index contributed by atoms with van der Waals surface area (Å²) in [5, 5.41) is 8.96. The molecule has 0 atom stereocenters. The van der Waals surface area contributed by atoms with Gasteiger partial charge in [0, 0.05) is 44.8 Å². The Bertz CT molecular complexity index is 470. The van der Waals surface area contributed by atoms with Crippen molar-refractivity contribution in [3.05, 3.63) is 35.4 Å². The van der Waals surface area contributed by atoms with Crippen molar-refractivity contribution in [2.75, 3.05) is 45.9 Å². The number of aliphatic hydroxyl groups is 1. The van der Waals surface area contributed by atoms with Gasteiger partial charge in [-0.15, -0.1) is 0 Å². The predicted molar refractivity (Wildman–Crippen MR) is 81.2 cm³/mol. The van der Waals surface area contributed by atoms with E-state index < -0.39 is 0 Å². The summed E-state index contributed by atoms with van der Waals surface area (Å²) >= 11 is 0. The fourth-order valence-corrected chi connectivity index (χ4v) is 2.48. The highest BCUT2D eigenvalue weighted by Gasteiger charge is 2.16. The van der Waals surface area contributed by atoms with Gasteiger partial charge in [-0.3, -0.25) is 9.80 Å². The van der Waals surface area contributed by atoms with Gasteiger partial charge in [-0.25, -0.2) is 0 Å². The van der Waals surface area contributed by atoms with Crippen molar-refractivity contribution < 1.29 is 5.11 Å². The van der Waals surface area contributed by atoms with Gasteiger partial charge in [0.2, 0.25) is 0 Å². The van der Waals surface area contributed by atoms with Gasteiger partial charge in [0.15, 0.2) is 0 Å². The molecule has 0 aliphatic carbocycles. The van der Waals surface area contributed by atoms with E-state index in [0.717, 1.165) is 44.8 Å². The Morgan fingerprint density at radius 1 is 1.10 bits per heavy atom. The first-order valence-electron chi connectivity index (χ1n) is 7.16. The van der Waals surface area contributed by atoms with Crippen LogP contribution >= 0.6 is 0 Å². The highest BCUT2D eigenvalue weighted by Crippen LogP contribution is 2.12. The summed E-state index contributed by atoms with van der Waals surface area (Å²) in [5.74, 6) is 6.08. The third-order valence-corrected chi connectivity index (χ3v) is 3.62. The lowest BCUT2D eigenvalue weighted by Crippen LogP contribution is -2.46. The summed E-state index contributed by atoms with van der Waals surface area (Å²) in [4.78, 5) is 4.74. The van der Waals surface area contributed by atoms with Crippen LogP contribution < -0.4 is 5.73 Å². The number of hydrogen-bond donors (Lipinski definition) is 2. The minimum atomic E-state index is 0.248. The summed E-state index contributed by atoms with van der Waals surface area (Å²) in [5.41, 5.74) is 7.79. The Balaban J connectivity index is 1.94. The molecule has 0 bridgehead atoms. The molecule has 108 valence electrons. The summed E-state index contributed by atoms with van der Waals surface area (Å²) < 4.78 is 0. The topological polar surface area (TPSA) is 52.7 Å². The fourth-order valence-electron chi connectivity index (χ4n) is 2.48. The Morgan fingerprint density at radius 2 is 1.80 bits per heavy atom. The lowest BCUT2D eigenvalue weighted by molar-refractivity contribution is 0.108. The average molecular weight is 273 g/mol. The summed E-state index contributed by atoms with van der Waals surface area (Å²) in [6, 6.07) is 8.27. The number of benzene rings is 1. The predicted octanol–water partition coefficient (Wildman–Crippen LogP) is 0.107. The molecule has 3 N–H and O–H groups in total. The van der Waals surface area contributed by atoms with E-state index in [1.54, 1.807) is 0 Å². The van der Waals surface area contributed by atoms with Crippen LogP contribution in [-0.2, 0) is 6.54 Å². The summed E-state index contributed by atoms with van der Waals surface area (Å²) in [7, 11) is 0. The Kier molecular flexibility index (Phi) is 6.03. The minimum Gasteiger partial charge on any atom is -0.395 e. The van der Waals surface area contributed by atoms with E-state index in [2.05, 4.69) is 39.8 Å². The first-order chi connectivity index (χ1) is 9.83. The van der Waals surface area contributed by atoms with E-state index in [9.17, 15) is 0 Å². The minimum absolute atomic E-state index is 0.248. The van der Waals surface area contributed by atoms with Crippen molar-refractivity contribution in [1.82, 2.24) is 9.80 Å². The van der Waals surface area contributed by atoms with Crippen LogP contribution in [0.1, 0.15) is 11.1 Å². The first-order valence-corrected chi connectivity index (χ1v) is 7.16. The molecule has 0 unspecified atom stereocenters. The Labute approximate surface area is 121 Å². The second kappa shape index (κ2) is 8.03. The number of nitrogens with two attached hydrogens (primary N) is 1. The second-order valence-electron chi connectivity index (χ2n) is 5.00. The van der Waals surface area contributed by atoms with E-state index in [0.29, 0.717) is 6.54 Å². The average Bonchev–Trinajstić information content (AvgIpc) is 2.49. The molecule has 1 aliphatic rings. The molecule has 0 spiro atoms. The zero-order chi connectivity index (χ0) is 14.2.